The Morgan fingerprint density at radius 2 is 1.21 bits per heavy atom. The van der Waals surface area contributed by atoms with Crippen LogP contribution in [0.3, 0.4) is 0 Å². The maximum atomic E-state index is 11.4. The Kier molecular flexibility index (Phi) is 23.2. The first-order valence-corrected chi connectivity index (χ1v) is 13.4. The van der Waals surface area contributed by atoms with Gasteiger partial charge in [0, 0.05) is 5.33 Å². The highest BCUT2D eigenvalue weighted by Gasteiger charge is 2.16. The summed E-state index contributed by atoms with van der Waals surface area (Å²) >= 11 is 3.44. The van der Waals surface area contributed by atoms with E-state index < -0.39 is 5.97 Å². The van der Waals surface area contributed by atoms with Crippen LogP contribution in [0.2, 0.25) is 0 Å². The van der Waals surface area contributed by atoms with Gasteiger partial charge in [-0.1, -0.05) is 111 Å². The Morgan fingerprint density at radius 1 is 0.724 bits per heavy atom. The van der Waals surface area contributed by atoms with Gasteiger partial charge < -0.3 is 5.11 Å². The van der Waals surface area contributed by atoms with Gasteiger partial charge in [0.1, 0.15) is 0 Å². The molecule has 0 aromatic heterocycles. The molecule has 0 aliphatic carbocycles. The van der Waals surface area contributed by atoms with Crippen molar-refractivity contribution in [1.82, 2.24) is 0 Å². The van der Waals surface area contributed by atoms with Crippen molar-refractivity contribution in [3.8, 4) is 0 Å². The zero-order valence-corrected chi connectivity index (χ0v) is 20.6. The molecule has 0 saturated carbocycles. The van der Waals surface area contributed by atoms with Crippen LogP contribution in [-0.2, 0) is 4.79 Å². The summed E-state index contributed by atoms with van der Waals surface area (Å²) in [6.07, 6.45) is 30.4. The van der Waals surface area contributed by atoms with E-state index in [2.05, 4.69) is 47.2 Å². The number of allylic oxidation sites excluding steroid dienone is 4. The number of carboxylic acids is 1. The van der Waals surface area contributed by atoms with Gasteiger partial charge in [0.05, 0.1) is 5.92 Å². The molecule has 0 aromatic rings. The normalized spacial score (nSPS) is 12.9. The molecule has 0 saturated heterocycles. The SMILES string of the molecule is CCCCC/C=C\CC=CCCCCCCCCC(CCCCCCBr)C(=O)O. The number of hydrogen-bond acceptors (Lipinski definition) is 1. The van der Waals surface area contributed by atoms with Crippen molar-refractivity contribution in [2.45, 2.75) is 122 Å². The van der Waals surface area contributed by atoms with E-state index in [1.165, 1.54) is 83.5 Å². The molecule has 0 aliphatic rings. The Labute approximate surface area is 189 Å². The van der Waals surface area contributed by atoms with Gasteiger partial charge >= 0.3 is 5.97 Å². The van der Waals surface area contributed by atoms with Crippen LogP contribution in [0, 0.1) is 5.92 Å². The molecule has 0 heterocycles. The number of carbonyl (C=O) groups is 1. The third-order valence-electron chi connectivity index (χ3n) is 5.54. The predicted octanol–water partition coefficient (Wildman–Crippen LogP) is 9.24. The van der Waals surface area contributed by atoms with Crippen LogP contribution in [0.4, 0.5) is 0 Å². The van der Waals surface area contributed by atoms with Crippen LogP contribution in [0.25, 0.3) is 0 Å². The summed E-state index contributed by atoms with van der Waals surface area (Å²) in [6.45, 7) is 2.25. The highest BCUT2D eigenvalue weighted by molar-refractivity contribution is 9.09. The molecule has 0 aliphatic heterocycles. The topological polar surface area (TPSA) is 37.3 Å². The number of hydrogen-bond donors (Lipinski definition) is 1. The van der Waals surface area contributed by atoms with Gasteiger partial charge in [-0.3, -0.25) is 4.79 Å². The largest absolute Gasteiger partial charge is 0.481 e. The Hall–Kier alpha value is -0.570. The smallest absolute Gasteiger partial charge is 0.306 e. The minimum Gasteiger partial charge on any atom is -0.481 e. The minimum absolute atomic E-state index is 0.121. The Bertz CT molecular complexity index is 404. The van der Waals surface area contributed by atoms with Gasteiger partial charge in [0.25, 0.3) is 0 Å². The van der Waals surface area contributed by atoms with Gasteiger partial charge in [0.15, 0.2) is 0 Å². The minimum atomic E-state index is -0.590. The molecule has 1 atom stereocenters. The van der Waals surface area contributed by atoms with Crippen LogP contribution in [0.1, 0.15) is 122 Å². The zero-order chi connectivity index (χ0) is 21.4. The second-order valence-corrected chi connectivity index (χ2v) is 9.09. The number of rotatable bonds is 22. The number of alkyl halides is 1. The molecule has 1 unspecified atom stereocenters. The van der Waals surface area contributed by atoms with Crippen molar-refractivity contribution in [2.75, 3.05) is 5.33 Å². The van der Waals surface area contributed by atoms with Crippen LogP contribution >= 0.6 is 15.9 Å². The lowest BCUT2D eigenvalue weighted by atomic mass is 9.94. The Balaban J connectivity index is 3.47. The third-order valence-corrected chi connectivity index (χ3v) is 6.10. The molecule has 0 aromatic carbocycles. The number of carboxylic acid groups (broad SMARTS) is 1. The summed E-state index contributed by atoms with van der Waals surface area (Å²) < 4.78 is 0. The Morgan fingerprint density at radius 3 is 1.72 bits per heavy atom. The first-order valence-electron chi connectivity index (χ1n) is 12.3. The average Bonchev–Trinajstić information content (AvgIpc) is 2.71. The van der Waals surface area contributed by atoms with Gasteiger partial charge in [-0.15, -0.1) is 0 Å². The van der Waals surface area contributed by atoms with Gasteiger partial charge in [-0.25, -0.2) is 0 Å². The van der Waals surface area contributed by atoms with Crippen molar-refractivity contribution >= 4 is 21.9 Å². The van der Waals surface area contributed by atoms with E-state index >= 15 is 0 Å². The van der Waals surface area contributed by atoms with Crippen LogP contribution in [0.5, 0.6) is 0 Å². The first kappa shape index (κ1) is 28.4. The van der Waals surface area contributed by atoms with Crippen molar-refractivity contribution in [2.24, 2.45) is 5.92 Å². The van der Waals surface area contributed by atoms with Gasteiger partial charge in [-0.05, 0) is 51.4 Å². The second-order valence-electron chi connectivity index (χ2n) is 8.30. The molecule has 1 N–H and O–H groups in total. The number of aliphatic carboxylic acids is 1. The summed E-state index contributed by atoms with van der Waals surface area (Å²) in [5, 5.41) is 10.4. The van der Waals surface area contributed by atoms with Crippen LogP contribution in [-0.4, -0.2) is 16.4 Å². The van der Waals surface area contributed by atoms with Gasteiger partial charge in [-0.2, -0.15) is 0 Å². The van der Waals surface area contributed by atoms with Crippen molar-refractivity contribution in [1.29, 1.82) is 0 Å². The van der Waals surface area contributed by atoms with Crippen molar-refractivity contribution in [3.05, 3.63) is 24.3 Å². The van der Waals surface area contributed by atoms with E-state index in [-0.39, 0.29) is 5.92 Å². The van der Waals surface area contributed by atoms with Crippen molar-refractivity contribution in [3.63, 3.8) is 0 Å². The molecule has 2 nitrogen and oxygen atoms in total. The van der Waals surface area contributed by atoms with Crippen LogP contribution < -0.4 is 0 Å². The standard InChI is InChI=1S/C26H47BrO2/c1-2-3-4-5-6-7-8-9-10-11-12-13-14-15-16-19-22-25(26(28)29)23-20-17-18-21-24-27/h6-7,9-10,25H,2-5,8,11-24H2,1H3,(H,28,29)/b7-6-,10-9?. The maximum Gasteiger partial charge on any atom is 0.306 e. The summed E-state index contributed by atoms with van der Waals surface area (Å²) in [4.78, 5) is 11.4. The van der Waals surface area contributed by atoms with E-state index in [4.69, 9.17) is 0 Å². The number of halogens is 1. The molecule has 29 heavy (non-hydrogen) atoms. The quantitative estimate of drug-likeness (QED) is 0.0970. The zero-order valence-electron chi connectivity index (χ0n) is 19.1. The molecular weight excluding hydrogens is 424 g/mol. The predicted molar refractivity (Wildman–Crippen MR) is 132 cm³/mol. The summed E-state index contributed by atoms with van der Waals surface area (Å²) in [5.41, 5.74) is 0. The van der Waals surface area contributed by atoms with Crippen LogP contribution in [0.15, 0.2) is 24.3 Å². The van der Waals surface area contributed by atoms with Crippen molar-refractivity contribution < 1.29 is 9.90 Å². The summed E-state index contributed by atoms with van der Waals surface area (Å²) in [7, 11) is 0. The molecule has 0 spiro atoms. The number of unbranched alkanes of at least 4 members (excludes halogenated alkanes) is 12. The molecule has 170 valence electrons. The molecule has 0 radical (unpaired) electrons. The van der Waals surface area contributed by atoms with E-state index in [1.54, 1.807) is 0 Å². The summed E-state index contributed by atoms with van der Waals surface area (Å²) in [5.74, 6) is -0.710. The van der Waals surface area contributed by atoms with E-state index in [1.807, 2.05) is 0 Å². The summed E-state index contributed by atoms with van der Waals surface area (Å²) in [6, 6.07) is 0. The lowest BCUT2D eigenvalue weighted by Gasteiger charge is -2.12. The fourth-order valence-electron chi connectivity index (χ4n) is 3.61. The van der Waals surface area contributed by atoms with E-state index in [0.29, 0.717) is 0 Å². The van der Waals surface area contributed by atoms with E-state index in [0.717, 1.165) is 37.4 Å². The maximum absolute atomic E-state index is 11.4. The average molecular weight is 472 g/mol. The molecule has 0 bridgehead atoms. The molecule has 0 rings (SSSR count). The molecule has 0 amide bonds. The lowest BCUT2D eigenvalue weighted by Crippen LogP contribution is -2.13. The van der Waals surface area contributed by atoms with E-state index in [9.17, 15) is 9.90 Å². The first-order chi connectivity index (χ1) is 14.2. The van der Waals surface area contributed by atoms with Gasteiger partial charge in [0.2, 0.25) is 0 Å². The molecule has 3 heteroatoms. The third kappa shape index (κ3) is 21.9. The second kappa shape index (κ2) is 23.7. The molecular formula is C26H47BrO2. The highest BCUT2D eigenvalue weighted by atomic mass is 79.9. The highest BCUT2D eigenvalue weighted by Crippen LogP contribution is 2.19. The lowest BCUT2D eigenvalue weighted by molar-refractivity contribution is -0.142. The molecule has 0 fully saturated rings. The monoisotopic (exact) mass is 470 g/mol. The fourth-order valence-corrected chi connectivity index (χ4v) is 4.01. The fraction of sp³-hybridized carbons (Fsp3) is 0.808.